The minimum Gasteiger partial charge on any atom is -0.497 e. The van der Waals surface area contributed by atoms with E-state index >= 15 is 0 Å². The molecule has 0 fully saturated rings. The number of fused-ring (bicyclic) bond motifs is 1. The van der Waals surface area contributed by atoms with E-state index in [1.54, 1.807) is 19.2 Å². The topological polar surface area (TPSA) is 73.1 Å². The van der Waals surface area contributed by atoms with Crippen molar-refractivity contribution in [3.8, 4) is 5.75 Å². The van der Waals surface area contributed by atoms with Crippen LogP contribution in [0.25, 0.3) is 10.8 Å². The van der Waals surface area contributed by atoms with Crippen LogP contribution >= 0.6 is 0 Å². The third kappa shape index (κ3) is 3.80. The number of rotatable bonds is 6. The first-order chi connectivity index (χ1) is 12.2. The molecule has 0 bridgehead atoms. The second kappa shape index (κ2) is 7.53. The van der Waals surface area contributed by atoms with Gasteiger partial charge in [0.15, 0.2) is 5.76 Å². The summed E-state index contributed by atoms with van der Waals surface area (Å²) in [6, 6.07) is 15.2. The second-order valence-electron chi connectivity index (χ2n) is 5.33. The lowest BCUT2D eigenvalue weighted by atomic mass is 10.1. The van der Waals surface area contributed by atoms with Crippen LogP contribution in [-0.2, 0) is 16.2 Å². The van der Waals surface area contributed by atoms with Crippen molar-refractivity contribution in [3.63, 3.8) is 0 Å². The summed E-state index contributed by atoms with van der Waals surface area (Å²) >= 11 is 0. The van der Waals surface area contributed by atoms with Crippen LogP contribution in [0.5, 0.6) is 5.75 Å². The van der Waals surface area contributed by atoms with Crippen molar-refractivity contribution in [3.05, 3.63) is 66.1 Å². The lowest BCUT2D eigenvalue weighted by Crippen LogP contribution is -2.31. The van der Waals surface area contributed by atoms with Crippen molar-refractivity contribution in [1.29, 1.82) is 0 Å². The average Bonchev–Trinajstić information content (AvgIpc) is 3.17. The van der Waals surface area contributed by atoms with Gasteiger partial charge in [-0.3, -0.25) is 4.79 Å². The largest absolute Gasteiger partial charge is 0.497 e. The molecule has 1 amide bonds. The van der Waals surface area contributed by atoms with Crippen molar-refractivity contribution < 1.29 is 18.8 Å². The third-order valence-electron chi connectivity index (χ3n) is 3.72. The smallest absolute Gasteiger partial charge is 0.277 e. The van der Waals surface area contributed by atoms with Gasteiger partial charge in [0.25, 0.3) is 5.91 Å². The maximum atomic E-state index is 12.4. The van der Waals surface area contributed by atoms with Crippen LogP contribution in [0.15, 0.2) is 64.4 Å². The van der Waals surface area contributed by atoms with Crippen LogP contribution in [0.3, 0.4) is 0 Å². The van der Waals surface area contributed by atoms with Gasteiger partial charge >= 0.3 is 0 Å². The molecule has 0 atom stereocenters. The Labute approximate surface area is 145 Å². The Morgan fingerprint density at radius 1 is 1.12 bits per heavy atom. The van der Waals surface area contributed by atoms with Crippen LogP contribution < -0.4 is 10.1 Å². The number of hydrogen-bond donors (Lipinski definition) is 1. The summed E-state index contributed by atoms with van der Waals surface area (Å²) in [6.07, 6.45) is 1.48. The number of ether oxygens (including phenoxy) is 1. The highest BCUT2D eigenvalue weighted by molar-refractivity contribution is 6.44. The summed E-state index contributed by atoms with van der Waals surface area (Å²) < 4.78 is 10.4. The SMILES string of the molecule is CO/N=C(/C(=O)NCc1ccc2cc(OC)ccc2c1)c1ccco1. The summed E-state index contributed by atoms with van der Waals surface area (Å²) in [5, 5.41) is 8.72. The Morgan fingerprint density at radius 3 is 2.64 bits per heavy atom. The second-order valence-corrected chi connectivity index (χ2v) is 5.33. The van der Waals surface area contributed by atoms with Crippen molar-refractivity contribution in [1.82, 2.24) is 5.32 Å². The Bertz CT molecular complexity index is 901. The normalized spacial score (nSPS) is 11.4. The Balaban J connectivity index is 1.73. The summed E-state index contributed by atoms with van der Waals surface area (Å²) in [4.78, 5) is 17.1. The summed E-state index contributed by atoms with van der Waals surface area (Å²) in [5.41, 5.74) is 1.07. The highest BCUT2D eigenvalue weighted by Crippen LogP contribution is 2.21. The average molecular weight is 338 g/mol. The third-order valence-corrected chi connectivity index (χ3v) is 3.72. The number of furan rings is 1. The Morgan fingerprint density at radius 2 is 1.92 bits per heavy atom. The molecule has 1 heterocycles. The van der Waals surface area contributed by atoms with Crippen LogP contribution in [0, 0.1) is 0 Å². The van der Waals surface area contributed by atoms with Gasteiger partial charge in [0.2, 0.25) is 5.71 Å². The van der Waals surface area contributed by atoms with Gasteiger partial charge in [-0.1, -0.05) is 23.4 Å². The summed E-state index contributed by atoms with van der Waals surface area (Å²) in [7, 11) is 3.02. The van der Waals surface area contributed by atoms with Gasteiger partial charge in [-0.2, -0.15) is 0 Å². The van der Waals surface area contributed by atoms with E-state index in [0.717, 1.165) is 22.1 Å². The molecule has 0 aliphatic rings. The molecular formula is C19H18N2O4. The van der Waals surface area contributed by atoms with E-state index in [1.807, 2.05) is 36.4 Å². The van der Waals surface area contributed by atoms with E-state index < -0.39 is 0 Å². The number of oxime groups is 1. The van der Waals surface area contributed by atoms with Gasteiger partial charge in [0, 0.05) is 6.54 Å². The predicted octanol–water partition coefficient (Wildman–Crippen LogP) is 3.11. The molecule has 2 aromatic carbocycles. The molecule has 6 nitrogen and oxygen atoms in total. The highest BCUT2D eigenvalue weighted by atomic mass is 16.6. The maximum Gasteiger partial charge on any atom is 0.277 e. The maximum absolute atomic E-state index is 12.4. The molecule has 0 spiro atoms. The van der Waals surface area contributed by atoms with Gasteiger partial charge in [0.05, 0.1) is 13.4 Å². The number of carbonyl (C=O) groups is 1. The van der Waals surface area contributed by atoms with Crippen LogP contribution in [-0.4, -0.2) is 25.8 Å². The quantitative estimate of drug-likeness (QED) is 0.554. The van der Waals surface area contributed by atoms with Gasteiger partial charge in [-0.05, 0) is 46.7 Å². The predicted molar refractivity (Wildman–Crippen MR) is 94.6 cm³/mol. The molecule has 0 radical (unpaired) electrons. The van der Waals surface area contributed by atoms with Gasteiger partial charge in [0.1, 0.15) is 12.9 Å². The Hall–Kier alpha value is -3.28. The fourth-order valence-electron chi connectivity index (χ4n) is 2.48. The van der Waals surface area contributed by atoms with E-state index in [4.69, 9.17) is 14.0 Å². The van der Waals surface area contributed by atoms with E-state index in [-0.39, 0.29) is 11.6 Å². The molecule has 0 aliphatic heterocycles. The van der Waals surface area contributed by atoms with E-state index in [1.165, 1.54) is 13.4 Å². The van der Waals surface area contributed by atoms with E-state index in [0.29, 0.717) is 12.3 Å². The molecule has 3 rings (SSSR count). The minimum absolute atomic E-state index is 0.0954. The van der Waals surface area contributed by atoms with Crippen LogP contribution in [0.4, 0.5) is 0 Å². The molecule has 0 aliphatic carbocycles. The number of carbonyl (C=O) groups excluding carboxylic acids is 1. The number of nitrogens with one attached hydrogen (secondary N) is 1. The zero-order chi connectivity index (χ0) is 17.6. The Kier molecular flexibility index (Phi) is 4.99. The summed E-state index contributed by atoms with van der Waals surface area (Å²) in [5.74, 6) is 0.795. The first kappa shape index (κ1) is 16.6. The lowest BCUT2D eigenvalue weighted by Gasteiger charge is -2.08. The molecule has 25 heavy (non-hydrogen) atoms. The van der Waals surface area contributed by atoms with Crippen molar-refractivity contribution in [2.24, 2.45) is 5.16 Å². The molecule has 6 heteroatoms. The molecule has 0 saturated heterocycles. The van der Waals surface area contributed by atoms with Gasteiger partial charge in [-0.15, -0.1) is 0 Å². The van der Waals surface area contributed by atoms with Crippen LogP contribution in [0.2, 0.25) is 0 Å². The van der Waals surface area contributed by atoms with Gasteiger partial charge in [-0.25, -0.2) is 0 Å². The lowest BCUT2D eigenvalue weighted by molar-refractivity contribution is -0.115. The molecule has 1 aromatic heterocycles. The van der Waals surface area contributed by atoms with Crippen LogP contribution in [0.1, 0.15) is 11.3 Å². The van der Waals surface area contributed by atoms with Crippen molar-refractivity contribution in [2.75, 3.05) is 14.2 Å². The molecule has 3 aromatic rings. The molecule has 128 valence electrons. The van der Waals surface area contributed by atoms with E-state index in [9.17, 15) is 4.79 Å². The van der Waals surface area contributed by atoms with Gasteiger partial charge < -0.3 is 19.3 Å². The summed E-state index contributed by atoms with van der Waals surface area (Å²) in [6.45, 7) is 0.365. The zero-order valence-electron chi connectivity index (χ0n) is 14.0. The van der Waals surface area contributed by atoms with Crippen molar-refractivity contribution >= 4 is 22.4 Å². The van der Waals surface area contributed by atoms with Crippen molar-refractivity contribution in [2.45, 2.75) is 6.54 Å². The first-order valence-electron chi connectivity index (χ1n) is 7.71. The zero-order valence-corrected chi connectivity index (χ0v) is 14.0. The molecule has 1 N–H and O–H groups in total. The molecule has 0 unspecified atom stereocenters. The number of nitrogens with zero attached hydrogens (tertiary/aromatic N) is 1. The fourth-order valence-corrected chi connectivity index (χ4v) is 2.48. The number of hydrogen-bond acceptors (Lipinski definition) is 5. The molecular weight excluding hydrogens is 320 g/mol. The standard InChI is InChI=1S/C19H18N2O4/c1-23-16-8-7-14-10-13(5-6-15(14)11-16)12-20-19(22)18(21-24-2)17-4-3-9-25-17/h3-11H,12H2,1-2H3,(H,20,22)/b21-18+. The number of amides is 1. The highest BCUT2D eigenvalue weighted by Gasteiger charge is 2.17. The minimum atomic E-state index is -0.369. The van der Waals surface area contributed by atoms with E-state index in [2.05, 4.69) is 10.5 Å². The monoisotopic (exact) mass is 338 g/mol. The number of benzene rings is 2. The first-order valence-corrected chi connectivity index (χ1v) is 7.71. The fraction of sp³-hybridized carbons (Fsp3) is 0.158. The molecule has 0 saturated carbocycles. The number of methoxy groups -OCH3 is 1.